The third-order valence-corrected chi connectivity index (χ3v) is 5.07. The minimum atomic E-state index is -0.166. The molecule has 4 rings (SSSR count). The summed E-state index contributed by atoms with van der Waals surface area (Å²) in [5.41, 5.74) is 4.82. The van der Waals surface area contributed by atoms with Gasteiger partial charge in [0.15, 0.2) is 11.5 Å². The second-order valence-corrected chi connectivity index (χ2v) is 7.35. The fourth-order valence-corrected chi connectivity index (χ4v) is 3.51. The van der Waals surface area contributed by atoms with E-state index in [0.29, 0.717) is 23.5 Å². The number of aromatic nitrogens is 3. The average Bonchev–Trinajstić information content (AvgIpc) is 3.29. The monoisotopic (exact) mass is 404 g/mol. The van der Waals surface area contributed by atoms with Crippen molar-refractivity contribution in [2.45, 2.75) is 26.3 Å². The molecular weight excluding hydrogens is 380 g/mol. The van der Waals surface area contributed by atoms with Crippen molar-refractivity contribution in [3.8, 4) is 5.75 Å². The molecule has 0 spiro atoms. The third-order valence-electron chi connectivity index (χ3n) is 5.07. The summed E-state index contributed by atoms with van der Waals surface area (Å²) in [5, 5.41) is 7.36. The lowest BCUT2D eigenvalue weighted by Gasteiger charge is -2.13. The molecule has 2 aromatic heterocycles. The van der Waals surface area contributed by atoms with E-state index >= 15 is 0 Å². The maximum absolute atomic E-state index is 12.7. The Bertz CT molecular complexity index is 1190. The van der Waals surface area contributed by atoms with Gasteiger partial charge in [0, 0.05) is 30.8 Å². The SMILES string of the molecule is COc1ccc(Cc2nc3ccc(C(=O)N[C@@H](C)c4cn(C)nc4C)cc3o2)cc1. The van der Waals surface area contributed by atoms with Crippen LogP contribution < -0.4 is 10.1 Å². The first kappa shape index (κ1) is 19.7. The molecule has 7 heteroatoms. The normalized spacial score (nSPS) is 12.1. The van der Waals surface area contributed by atoms with E-state index in [1.165, 1.54) is 0 Å². The molecule has 0 radical (unpaired) electrons. The number of oxazole rings is 1. The molecule has 0 aliphatic heterocycles. The van der Waals surface area contributed by atoms with E-state index in [2.05, 4.69) is 15.4 Å². The number of methoxy groups -OCH3 is 1. The molecule has 0 unspecified atom stereocenters. The van der Waals surface area contributed by atoms with Crippen molar-refractivity contribution < 1.29 is 13.9 Å². The second-order valence-electron chi connectivity index (χ2n) is 7.35. The Hall–Kier alpha value is -3.61. The number of amides is 1. The van der Waals surface area contributed by atoms with E-state index in [4.69, 9.17) is 9.15 Å². The number of carbonyl (C=O) groups is 1. The summed E-state index contributed by atoms with van der Waals surface area (Å²) in [7, 11) is 3.51. The molecule has 0 bridgehead atoms. The van der Waals surface area contributed by atoms with Crippen LogP contribution in [0.25, 0.3) is 11.1 Å². The molecular formula is C23H24N4O3. The number of hydrogen-bond acceptors (Lipinski definition) is 5. The van der Waals surface area contributed by atoms with Crippen molar-refractivity contribution in [3.05, 3.63) is 76.9 Å². The van der Waals surface area contributed by atoms with Gasteiger partial charge in [-0.2, -0.15) is 5.10 Å². The zero-order chi connectivity index (χ0) is 21.3. The Labute approximate surface area is 174 Å². The molecule has 0 aliphatic rings. The number of rotatable bonds is 6. The molecule has 30 heavy (non-hydrogen) atoms. The summed E-state index contributed by atoms with van der Waals surface area (Å²) >= 11 is 0. The predicted molar refractivity (Wildman–Crippen MR) is 114 cm³/mol. The number of ether oxygens (including phenoxy) is 1. The Kier molecular flexibility index (Phi) is 5.27. The molecule has 4 aromatic rings. The first-order valence-corrected chi connectivity index (χ1v) is 9.76. The summed E-state index contributed by atoms with van der Waals surface area (Å²) in [4.78, 5) is 17.3. The zero-order valence-corrected chi connectivity index (χ0v) is 17.5. The van der Waals surface area contributed by atoms with Gasteiger partial charge in [-0.25, -0.2) is 4.98 Å². The first-order valence-electron chi connectivity index (χ1n) is 9.76. The van der Waals surface area contributed by atoms with Gasteiger partial charge in [-0.1, -0.05) is 12.1 Å². The van der Waals surface area contributed by atoms with Gasteiger partial charge >= 0.3 is 0 Å². The fourth-order valence-electron chi connectivity index (χ4n) is 3.51. The van der Waals surface area contributed by atoms with Gasteiger partial charge in [0.25, 0.3) is 5.91 Å². The Morgan fingerprint density at radius 2 is 2.00 bits per heavy atom. The molecule has 0 saturated heterocycles. The van der Waals surface area contributed by atoms with Crippen LogP contribution in [0.1, 0.15) is 46.0 Å². The maximum atomic E-state index is 12.7. The van der Waals surface area contributed by atoms with Crippen LogP contribution in [0.15, 0.2) is 53.1 Å². The molecule has 7 nitrogen and oxygen atoms in total. The molecule has 0 aliphatic carbocycles. The van der Waals surface area contributed by atoms with Crippen LogP contribution >= 0.6 is 0 Å². The average molecular weight is 404 g/mol. The van der Waals surface area contributed by atoms with E-state index in [1.807, 2.05) is 57.4 Å². The second kappa shape index (κ2) is 8.02. The van der Waals surface area contributed by atoms with Crippen LogP contribution in [0.2, 0.25) is 0 Å². The number of nitrogens with one attached hydrogen (secondary N) is 1. The van der Waals surface area contributed by atoms with Crippen molar-refractivity contribution >= 4 is 17.0 Å². The molecule has 0 fully saturated rings. The van der Waals surface area contributed by atoms with Crippen LogP contribution in [-0.4, -0.2) is 27.8 Å². The van der Waals surface area contributed by atoms with Crippen molar-refractivity contribution in [3.63, 3.8) is 0 Å². The lowest BCUT2D eigenvalue weighted by atomic mass is 10.1. The van der Waals surface area contributed by atoms with Gasteiger partial charge in [0.1, 0.15) is 11.3 Å². The molecule has 2 aromatic carbocycles. The number of hydrogen-bond donors (Lipinski definition) is 1. The third kappa shape index (κ3) is 4.05. The Morgan fingerprint density at radius 3 is 2.67 bits per heavy atom. The molecule has 0 saturated carbocycles. The lowest BCUT2D eigenvalue weighted by Crippen LogP contribution is -2.26. The number of nitrogens with zero attached hydrogens (tertiary/aromatic N) is 3. The van der Waals surface area contributed by atoms with E-state index in [1.54, 1.807) is 23.9 Å². The number of fused-ring (bicyclic) bond motifs is 1. The molecule has 1 atom stereocenters. The van der Waals surface area contributed by atoms with Gasteiger partial charge in [0.2, 0.25) is 0 Å². The van der Waals surface area contributed by atoms with E-state index in [9.17, 15) is 4.79 Å². The van der Waals surface area contributed by atoms with Crippen LogP contribution in [-0.2, 0) is 13.5 Å². The smallest absolute Gasteiger partial charge is 0.251 e. The first-order chi connectivity index (χ1) is 14.4. The topological polar surface area (TPSA) is 82.2 Å². The van der Waals surface area contributed by atoms with Gasteiger partial charge < -0.3 is 14.5 Å². The summed E-state index contributed by atoms with van der Waals surface area (Å²) in [5.74, 6) is 1.25. The summed E-state index contributed by atoms with van der Waals surface area (Å²) in [6.07, 6.45) is 2.49. The largest absolute Gasteiger partial charge is 0.497 e. The highest BCUT2D eigenvalue weighted by Gasteiger charge is 2.17. The van der Waals surface area contributed by atoms with E-state index in [-0.39, 0.29) is 11.9 Å². The van der Waals surface area contributed by atoms with Gasteiger partial charge in [-0.15, -0.1) is 0 Å². The quantitative estimate of drug-likeness (QED) is 0.526. The minimum Gasteiger partial charge on any atom is -0.497 e. The standard InChI is InChI=1S/C23H24N4O3/c1-14(19-13-27(3)26-15(19)2)24-23(28)17-7-10-20-21(12-17)30-22(25-20)11-16-5-8-18(29-4)9-6-16/h5-10,12-14H,11H2,1-4H3,(H,24,28)/t14-/m0/s1. The number of carbonyl (C=O) groups excluding carboxylic acids is 1. The lowest BCUT2D eigenvalue weighted by molar-refractivity contribution is 0.0940. The highest BCUT2D eigenvalue weighted by molar-refractivity contribution is 5.97. The minimum absolute atomic E-state index is 0.151. The summed E-state index contributed by atoms with van der Waals surface area (Å²) < 4.78 is 12.8. The molecule has 1 amide bonds. The zero-order valence-electron chi connectivity index (χ0n) is 17.5. The molecule has 2 heterocycles. The van der Waals surface area contributed by atoms with Crippen LogP contribution in [0.3, 0.4) is 0 Å². The van der Waals surface area contributed by atoms with Gasteiger partial charge in [-0.3, -0.25) is 9.48 Å². The van der Waals surface area contributed by atoms with Crippen molar-refractivity contribution in [1.82, 2.24) is 20.1 Å². The Morgan fingerprint density at radius 1 is 1.23 bits per heavy atom. The highest BCUT2D eigenvalue weighted by atomic mass is 16.5. The molecule has 1 N–H and O–H groups in total. The molecule has 154 valence electrons. The van der Waals surface area contributed by atoms with E-state index in [0.717, 1.165) is 28.1 Å². The Balaban J connectivity index is 1.49. The number of aryl methyl sites for hydroxylation is 2. The van der Waals surface area contributed by atoms with E-state index < -0.39 is 0 Å². The number of benzene rings is 2. The fraction of sp³-hybridized carbons (Fsp3) is 0.261. The maximum Gasteiger partial charge on any atom is 0.251 e. The van der Waals surface area contributed by atoms with Crippen molar-refractivity contribution in [2.24, 2.45) is 7.05 Å². The van der Waals surface area contributed by atoms with Gasteiger partial charge in [0.05, 0.1) is 18.8 Å². The van der Waals surface area contributed by atoms with Crippen molar-refractivity contribution in [2.75, 3.05) is 7.11 Å². The van der Waals surface area contributed by atoms with Crippen LogP contribution in [0.4, 0.5) is 0 Å². The van der Waals surface area contributed by atoms with Crippen LogP contribution in [0.5, 0.6) is 5.75 Å². The predicted octanol–water partition coefficient (Wildman–Crippen LogP) is 3.96. The van der Waals surface area contributed by atoms with Crippen molar-refractivity contribution in [1.29, 1.82) is 0 Å². The van der Waals surface area contributed by atoms with Gasteiger partial charge in [-0.05, 0) is 49.7 Å². The van der Waals surface area contributed by atoms with Crippen LogP contribution in [0, 0.1) is 6.92 Å². The highest BCUT2D eigenvalue weighted by Crippen LogP contribution is 2.22. The summed E-state index contributed by atoms with van der Waals surface area (Å²) in [6, 6.07) is 12.9. The summed E-state index contributed by atoms with van der Waals surface area (Å²) in [6.45, 7) is 3.88.